The molecule has 5 heteroatoms. The number of nitrogens with zero attached hydrogens (tertiary/aromatic N) is 5. The van der Waals surface area contributed by atoms with E-state index in [0.29, 0.717) is 11.4 Å². The summed E-state index contributed by atoms with van der Waals surface area (Å²) in [6.45, 7) is 1.67. The van der Waals surface area contributed by atoms with Crippen LogP contribution >= 0.6 is 0 Å². The fraction of sp³-hybridized carbons (Fsp3) is 0.240. The minimum atomic E-state index is 0.568. The van der Waals surface area contributed by atoms with Gasteiger partial charge in [0.1, 0.15) is 11.9 Å². The molecule has 0 spiro atoms. The molecule has 2 aromatic carbocycles. The zero-order chi connectivity index (χ0) is 20.3. The van der Waals surface area contributed by atoms with Gasteiger partial charge in [0, 0.05) is 42.2 Å². The van der Waals surface area contributed by atoms with Crippen LogP contribution in [0, 0.1) is 11.3 Å². The van der Waals surface area contributed by atoms with Gasteiger partial charge in [-0.25, -0.2) is 0 Å². The van der Waals surface area contributed by atoms with Crippen molar-refractivity contribution < 1.29 is 0 Å². The van der Waals surface area contributed by atoms with Crippen LogP contribution in [0.4, 0.5) is 0 Å². The van der Waals surface area contributed by atoms with Gasteiger partial charge in [-0.1, -0.05) is 55.0 Å². The number of benzene rings is 2. The highest BCUT2D eigenvalue weighted by molar-refractivity contribution is 5.97. The van der Waals surface area contributed by atoms with E-state index in [1.807, 2.05) is 18.2 Å². The minimum Gasteiger partial charge on any atom is -0.342 e. The fourth-order valence-electron chi connectivity index (χ4n) is 4.29. The summed E-state index contributed by atoms with van der Waals surface area (Å²) in [6.07, 6.45) is 8.47. The SMILES string of the molecule is N#C/C(=C\c1cn(Cc2ccccc2)c2ccccc12)c1nnc2n1CCCCC2. The maximum absolute atomic E-state index is 9.94. The van der Waals surface area contributed by atoms with Gasteiger partial charge in [-0.2, -0.15) is 5.26 Å². The first-order chi connectivity index (χ1) is 14.8. The monoisotopic (exact) mass is 393 g/mol. The lowest BCUT2D eigenvalue weighted by Gasteiger charge is -2.05. The number of aromatic nitrogens is 4. The maximum atomic E-state index is 9.94. The highest BCUT2D eigenvalue weighted by Crippen LogP contribution is 2.27. The third kappa shape index (κ3) is 3.42. The van der Waals surface area contributed by atoms with Crippen LogP contribution in [0.15, 0.2) is 60.8 Å². The van der Waals surface area contributed by atoms with Crippen LogP contribution in [0.1, 0.15) is 42.0 Å². The number of hydrogen-bond acceptors (Lipinski definition) is 3. The van der Waals surface area contributed by atoms with Gasteiger partial charge in [0.15, 0.2) is 5.82 Å². The maximum Gasteiger partial charge on any atom is 0.174 e. The normalized spacial score (nSPS) is 14.3. The average Bonchev–Trinajstić information content (AvgIpc) is 3.25. The van der Waals surface area contributed by atoms with Gasteiger partial charge in [-0.3, -0.25) is 0 Å². The molecule has 0 unspecified atom stereocenters. The molecule has 5 nitrogen and oxygen atoms in total. The van der Waals surface area contributed by atoms with Crippen molar-refractivity contribution in [2.75, 3.05) is 0 Å². The molecule has 2 aromatic heterocycles. The zero-order valence-electron chi connectivity index (χ0n) is 16.8. The van der Waals surface area contributed by atoms with Crippen LogP contribution in [0.5, 0.6) is 0 Å². The number of rotatable bonds is 4. The Morgan fingerprint density at radius 3 is 2.70 bits per heavy atom. The van der Waals surface area contributed by atoms with Crippen molar-refractivity contribution in [2.24, 2.45) is 0 Å². The first kappa shape index (κ1) is 18.4. The number of fused-ring (bicyclic) bond motifs is 2. The quantitative estimate of drug-likeness (QED) is 0.455. The molecular formula is C25H23N5. The van der Waals surface area contributed by atoms with E-state index in [1.165, 1.54) is 12.0 Å². The lowest BCUT2D eigenvalue weighted by atomic mass is 10.1. The Balaban J connectivity index is 1.58. The Kier molecular flexibility index (Phi) is 4.90. The van der Waals surface area contributed by atoms with Crippen molar-refractivity contribution in [3.05, 3.63) is 83.6 Å². The molecule has 0 atom stereocenters. The van der Waals surface area contributed by atoms with Crippen LogP contribution in [0.2, 0.25) is 0 Å². The number of para-hydroxylation sites is 1. The molecule has 30 heavy (non-hydrogen) atoms. The predicted molar refractivity (Wildman–Crippen MR) is 119 cm³/mol. The molecule has 3 heterocycles. The summed E-state index contributed by atoms with van der Waals surface area (Å²) in [5, 5.41) is 19.8. The van der Waals surface area contributed by atoms with Crippen molar-refractivity contribution in [2.45, 2.75) is 38.8 Å². The molecule has 0 aliphatic carbocycles. The smallest absolute Gasteiger partial charge is 0.174 e. The molecule has 1 aliphatic rings. The van der Waals surface area contributed by atoms with Crippen LogP contribution < -0.4 is 0 Å². The zero-order valence-corrected chi connectivity index (χ0v) is 16.8. The second kappa shape index (κ2) is 8.00. The lowest BCUT2D eigenvalue weighted by Crippen LogP contribution is -2.05. The Hall–Kier alpha value is -3.65. The van der Waals surface area contributed by atoms with Crippen molar-refractivity contribution in [1.29, 1.82) is 5.26 Å². The van der Waals surface area contributed by atoms with Gasteiger partial charge >= 0.3 is 0 Å². The second-order valence-corrected chi connectivity index (χ2v) is 7.79. The van der Waals surface area contributed by atoms with Crippen molar-refractivity contribution >= 4 is 22.6 Å². The number of aryl methyl sites for hydroxylation is 1. The van der Waals surface area contributed by atoms with Gasteiger partial charge in [0.2, 0.25) is 0 Å². The molecule has 0 saturated carbocycles. The molecule has 4 aromatic rings. The van der Waals surface area contributed by atoms with Gasteiger partial charge in [0.25, 0.3) is 0 Å². The summed E-state index contributed by atoms with van der Waals surface area (Å²) in [6, 6.07) is 21.1. The van der Waals surface area contributed by atoms with Gasteiger partial charge in [-0.05, 0) is 30.5 Å². The Morgan fingerprint density at radius 2 is 1.83 bits per heavy atom. The molecule has 1 aliphatic heterocycles. The van der Waals surface area contributed by atoms with Crippen LogP contribution in [0.3, 0.4) is 0 Å². The molecule has 0 saturated heterocycles. The van der Waals surface area contributed by atoms with E-state index in [0.717, 1.165) is 54.6 Å². The largest absolute Gasteiger partial charge is 0.342 e. The van der Waals surface area contributed by atoms with Gasteiger partial charge < -0.3 is 9.13 Å². The number of hydrogen-bond donors (Lipinski definition) is 0. The van der Waals surface area contributed by atoms with Crippen LogP contribution in [0.25, 0.3) is 22.6 Å². The average molecular weight is 393 g/mol. The van der Waals surface area contributed by atoms with E-state index in [2.05, 4.69) is 74.1 Å². The highest BCUT2D eigenvalue weighted by atomic mass is 15.3. The first-order valence-corrected chi connectivity index (χ1v) is 10.5. The molecule has 0 N–H and O–H groups in total. The van der Waals surface area contributed by atoms with Crippen molar-refractivity contribution in [3.63, 3.8) is 0 Å². The number of nitriles is 1. The summed E-state index contributed by atoms with van der Waals surface area (Å²) in [7, 11) is 0. The van der Waals surface area contributed by atoms with E-state index in [4.69, 9.17) is 0 Å². The summed E-state index contributed by atoms with van der Waals surface area (Å²) in [4.78, 5) is 0. The van der Waals surface area contributed by atoms with E-state index in [-0.39, 0.29) is 0 Å². The summed E-state index contributed by atoms with van der Waals surface area (Å²) >= 11 is 0. The van der Waals surface area contributed by atoms with E-state index in [1.54, 1.807) is 0 Å². The molecule has 148 valence electrons. The highest BCUT2D eigenvalue weighted by Gasteiger charge is 2.18. The Bertz CT molecular complexity index is 1250. The minimum absolute atomic E-state index is 0.568. The molecule has 0 bridgehead atoms. The van der Waals surface area contributed by atoms with Crippen molar-refractivity contribution in [3.8, 4) is 6.07 Å². The summed E-state index contributed by atoms with van der Waals surface area (Å²) in [5.74, 6) is 1.68. The lowest BCUT2D eigenvalue weighted by molar-refractivity contribution is 0.627. The second-order valence-electron chi connectivity index (χ2n) is 7.79. The standard InChI is InChI=1S/C25H23N5/c26-16-20(25-28-27-24-13-5-2-8-14-30(24)25)15-21-18-29(17-19-9-3-1-4-10-19)23-12-7-6-11-22(21)23/h1,3-4,6-7,9-12,15,18H,2,5,8,13-14,17H2/b20-15+. The van der Waals surface area contributed by atoms with Crippen LogP contribution in [-0.2, 0) is 19.5 Å². The van der Waals surface area contributed by atoms with E-state index < -0.39 is 0 Å². The summed E-state index contributed by atoms with van der Waals surface area (Å²) in [5.41, 5.74) is 4.00. The Morgan fingerprint density at radius 1 is 1.00 bits per heavy atom. The van der Waals surface area contributed by atoms with Crippen LogP contribution in [-0.4, -0.2) is 19.3 Å². The third-order valence-corrected chi connectivity index (χ3v) is 5.79. The Labute approximate surface area is 175 Å². The molecule has 0 amide bonds. The first-order valence-electron chi connectivity index (χ1n) is 10.5. The van der Waals surface area contributed by atoms with Gasteiger partial charge in [0.05, 0.1) is 5.57 Å². The van der Waals surface area contributed by atoms with Crippen molar-refractivity contribution in [1.82, 2.24) is 19.3 Å². The molecule has 0 fully saturated rings. The molecular weight excluding hydrogens is 370 g/mol. The van der Waals surface area contributed by atoms with E-state index in [9.17, 15) is 5.26 Å². The summed E-state index contributed by atoms with van der Waals surface area (Å²) < 4.78 is 4.38. The topological polar surface area (TPSA) is 59.4 Å². The predicted octanol–water partition coefficient (Wildman–Crippen LogP) is 5.07. The third-order valence-electron chi connectivity index (χ3n) is 5.79. The number of allylic oxidation sites excluding steroid dienone is 1. The molecule has 5 rings (SSSR count). The fourth-order valence-corrected chi connectivity index (χ4v) is 4.29. The van der Waals surface area contributed by atoms with E-state index >= 15 is 0 Å². The molecule has 0 radical (unpaired) electrons. The van der Waals surface area contributed by atoms with Gasteiger partial charge in [-0.15, -0.1) is 10.2 Å².